The molecule has 1 aromatic rings. The molecule has 0 spiro atoms. The molecule has 1 saturated heterocycles. The predicted octanol–water partition coefficient (Wildman–Crippen LogP) is 1.95. The lowest BCUT2D eigenvalue weighted by atomic mass is 9.90. The first kappa shape index (κ1) is 18.8. The molecule has 0 atom stereocenters. The molecule has 1 heterocycles. The number of nitrogens with zero attached hydrogens (tertiary/aromatic N) is 2. The maximum absolute atomic E-state index is 11.6. The van der Waals surface area contributed by atoms with Crippen molar-refractivity contribution in [3.63, 3.8) is 0 Å². The minimum Gasteiger partial charge on any atom is -0.355 e. The van der Waals surface area contributed by atoms with Gasteiger partial charge in [0, 0.05) is 32.4 Å². The van der Waals surface area contributed by atoms with E-state index in [0.717, 1.165) is 38.3 Å². The molecule has 5 nitrogen and oxygen atoms in total. The number of piperidine rings is 1. The molecule has 0 amide bonds. The van der Waals surface area contributed by atoms with E-state index in [0.29, 0.717) is 12.5 Å². The second kappa shape index (κ2) is 9.06. The summed E-state index contributed by atoms with van der Waals surface area (Å²) in [5.41, 5.74) is 1.41. The zero-order valence-electron chi connectivity index (χ0n) is 14.7. The molecule has 0 unspecified atom stereocenters. The van der Waals surface area contributed by atoms with E-state index >= 15 is 0 Å². The van der Waals surface area contributed by atoms with Gasteiger partial charge >= 0.3 is 0 Å². The molecule has 1 aliphatic rings. The summed E-state index contributed by atoms with van der Waals surface area (Å²) in [6, 6.07) is 10.6. The fourth-order valence-corrected chi connectivity index (χ4v) is 3.79. The van der Waals surface area contributed by atoms with E-state index in [9.17, 15) is 8.42 Å². The van der Waals surface area contributed by atoms with Gasteiger partial charge in [0.15, 0.2) is 15.8 Å². The van der Waals surface area contributed by atoms with Crippen LogP contribution in [0.2, 0.25) is 0 Å². The van der Waals surface area contributed by atoms with Crippen molar-refractivity contribution < 1.29 is 8.42 Å². The number of guanidine groups is 1. The van der Waals surface area contributed by atoms with Crippen molar-refractivity contribution >= 4 is 15.8 Å². The Kier molecular flexibility index (Phi) is 7.09. The monoisotopic (exact) mass is 351 g/mol. The molecule has 1 aliphatic heterocycles. The fourth-order valence-electron chi connectivity index (χ4n) is 3.09. The number of hydrogen-bond donors (Lipinski definition) is 1. The van der Waals surface area contributed by atoms with Crippen LogP contribution in [0.5, 0.6) is 0 Å². The van der Waals surface area contributed by atoms with Crippen LogP contribution < -0.4 is 5.32 Å². The number of sulfone groups is 1. The van der Waals surface area contributed by atoms with Gasteiger partial charge in [0.2, 0.25) is 0 Å². The third kappa shape index (κ3) is 5.82. The first-order valence-corrected chi connectivity index (χ1v) is 10.6. The van der Waals surface area contributed by atoms with Gasteiger partial charge in [0.1, 0.15) is 0 Å². The summed E-state index contributed by atoms with van der Waals surface area (Å²) in [6.07, 6.45) is 3.42. The SMILES string of the molecule is CCS(=O)(=O)CCNC(=NC)N1CCC(Cc2ccccc2)CC1. The lowest BCUT2D eigenvalue weighted by Crippen LogP contribution is -2.46. The van der Waals surface area contributed by atoms with Crippen LogP contribution in [0, 0.1) is 5.92 Å². The van der Waals surface area contributed by atoms with Crippen molar-refractivity contribution in [3.8, 4) is 0 Å². The molecule has 6 heteroatoms. The summed E-state index contributed by atoms with van der Waals surface area (Å²) >= 11 is 0. The molecule has 134 valence electrons. The van der Waals surface area contributed by atoms with Crippen LogP contribution in [-0.4, -0.2) is 57.5 Å². The standard InChI is InChI=1S/C18H29N3O2S/c1-3-24(22,23)14-11-20-18(19-2)21-12-9-17(10-13-21)15-16-7-5-4-6-8-16/h4-8,17H,3,9-15H2,1-2H3,(H,19,20). The van der Waals surface area contributed by atoms with Crippen LogP contribution in [0.4, 0.5) is 0 Å². The highest BCUT2D eigenvalue weighted by atomic mass is 32.2. The van der Waals surface area contributed by atoms with Gasteiger partial charge in [-0.2, -0.15) is 0 Å². The molecule has 1 N–H and O–H groups in total. The minimum absolute atomic E-state index is 0.160. The third-order valence-corrected chi connectivity index (χ3v) is 6.33. The second-order valence-corrected chi connectivity index (χ2v) is 8.80. The van der Waals surface area contributed by atoms with Crippen molar-refractivity contribution in [2.75, 3.05) is 38.2 Å². The summed E-state index contributed by atoms with van der Waals surface area (Å²) in [5, 5.41) is 3.19. The Morgan fingerprint density at radius 3 is 2.50 bits per heavy atom. The Morgan fingerprint density at radius 1 is 1.25 bits per heavy atom. The van der Waals surface area contributed by atoms with Crippen molar-refractivity contribution in [1.29, 1.82) is 0 Å². The zero-order valence-corrected chi connectivity index (χ0v) is 15.6. The van der Waals surface area contributed by atoms with Gasteiger partial charge in [0.05, 0.1) is 5.75 Å². The Morgan fingerprint density at radius 2 is 1.92 bits per heavy atom. The largest absolute Gasteiger partial charge is 0.355 e. The summed E-state index contributed by atoms with van der Waals surface area (Å²) < 4.78 is 23.1. The van der Waals surface area contributed by atoms with Gasteiger partial charge in [-0.1, -0.05) is 37.3 Å². The molecule has 0 radical (unpaired) electrons. The molecule has 1 aromatic carbocycles. The van der Waals surface area contributed by atoms with E-state index in [1.54, 1.807) is 14.0 Å². The Balaban J connectivity index is 1.77. The molecular weight excluding hydrogens is 322 g/mol. The van der Waals surface area contributed by atoms with Crippen LogP contribution in [0.25, 0.3) is 0 Å². The molecule has 0 aliphatic carbocycles. The average molecular weight is 352 g/mol. The number of rotatable bonds is 6. The van der Waals surface area contributed by atoms with Gasteiger partial charge in [0.25, 0.3) is 0 Å². The molecular formula is C18H29N3O2S. The number of benzene rings is 1. The highest BCUT2D eigenvalue weighted by Crippen LogP contribution is 2.21. The Bertz CT molecular complexity index is 621. The van der Waals surface area contributed by atoms with Gasteiger partial charge < -0.3 is 10.2 Å². The lowest BCUT2D eigenvalue weighted by Gasteiger charge is -2.34. The predicted molar refractivity (Wildman–Crippen MR) is 100 cm³/mol. The van der Waals surface area contributed by atoms with Crippen LogP contribution in [0.15, 0.2) is 35.3 Å². The maximum atomic E-state index is 11.6. The van der Waals surface area contributed by atoms with Gasteiger partial charge in [-0.25, -0.2) is 8.42 Å². The summed E-state index contributed by atoms with van der Waals surface area (Å²) in [6.45, 7) is 4.05. The third-order valence-electron chi connectivity index (χ3n) is 4.63. The number of hydrogen-bond acceptors (Lipinski definition) is 3. The minimum atomic E-state index is -2.93. The fraction of sp³-hybridized carbons (Fsp3) is 0.611. The number of likely N-dealkylation sites (tertiary alicyclic amines) is 1. The summed E-state index contributed by atoms with van der Waals surface area (Å²) in [5.74, 6) is 1.88. The molecule has 0 saturated carbocycles. The first-order valence-electron chi connectivity index (χ1n) is 8.74. The van der Waals surface area contributed by atoms with E-state index < -0.39 is 9.84 Å². The van der Waals surface area contributed by atoms with E-state index in [-0.39, 0.29) is 11.5 Å². The topological polar surface area (TPSA) is 61.8 Å². The zero-order chi connectivity index (χ0) is 17.4. The van der Waals surface area contributed by atoms with E-state index in [1.807, 2.05) is 0 Å². The number of aliphatic imine (C=N–C) groups is 1. The number of nitrogens with one attached hydrogen (secondary N) is 1. The van der Waals surface area contributed by atoms with Crippen molar-refractivity contribution in [2.45, 2.75) is 26.2 Å². The van der Waals surface area contributed by atoms with Crippen LogP contribution in [0.1, 0.15) is 25.3 Å². The maximum Gasteiger partial charge on any atom is 0.193 e. The summed E-state index contributed by atoms with van der Waals surface area (Å²) in [7, 11) is -1.18. The molecule has 0 aromatic heterocycles. The smallest absolute Gasteiger partial charge is 0.193 e. The van der Waals surface area contributed by atoms with E-state index in [2.05, 4.69) is 45.5 Å². The van der Waals surface area contributed by atoms with Gasteiger partial charge in [-0.3, -0.25) is 4.99 Å². The quantitative estimate of drug-likeness (QED) is 0.629. The lowest BCUT2D eigenvalue weighted by molar-refractivity contribution is 0.259. The van der Waals surface area contributed by atoms with Crippen LogP contribution >= 0.6 is 0 Å². The molecule has 0 bridgehead atoms. The first-order chi connectivity index (χ1) is 11.5. The molecule has 24 heavy (non-hydrogen) atoms. The summed E-state index contributed by atoms with van der Waals surface area (Å²) in [4.78, 5) is 6.54. The van der Waals surface area contributed by atoms with Crippen molar-refractivity contribution in [3.05, 3.63) is 35.9 Å². The van der Waals surface area contributed by atoms with Gasteiger partial charge in [-0.15, -0.1) is 0 Å². The normalized spacial score (nSPS) is 17.1. The average Bonchev–Trinajstić information content (AvgIpc) is 2.60. The Labute approximate surface area is 146 Å². The molecule has 2 rings (SSSR count). The van der Waals surface area contributed by atoms with E-state index in [1.165, 1.54) is 5.56 Å². The van der Waals surface area contributed by atoms with Crippen molar-refractivity contribution in [1.82, 2.24) is 10.2 Å². The highest BCUT2D eigenvalue weighted by molar-refractivity contribution is 7.91. The van der Waals surface area contributed by atoms with Gasteiger partial charge in [-0.05, 0) is 30.7 Å². The second-order valence-electron chi connectivity index (χ2n) is 6.33. The van der Waals surface area contributed by atoms with Crippen molar-refractivity contribution in [2.24, 2.45) is 10.9 Å². The van der Waals surface area contributed by atoms with E-state index in [4.69, 9.17) is 0 Å². The molecule has 1 fully saturated rings. The Hall–Kier alpha value is -1.56. The van der Waals surface area contributed by atoms with Crippen LogP contribution in [-0.2, 0) is 16.3 Å². The highest BCUT2D eigenvalue weighted by Gasteiger charge is 2.21. The van der Waals surface area contributed by atoms with Crippen LogP contribution in [0.3, 0.4) is 0 Å².